The first-order valence-corrected chi connectivity index (χ1v) is 13.4. The third-order valence-corrected chi connectivity index (χ3v) is 8.61. The molecule has 1 N–H and O–H groups in total. The highest BCUT2D eigenvalue weighted by Gasteiger charge is 2.40. The van der Waals surface area contributed by atoms with Crippen LogP contribution in [0.15, 0.2) is 47.4 Å². The fraction of sp³-hybridized carbons (Fsp3) is 0.571. The van der Waals surface area contributed by atoms with Crippen LogP contribution < -0.4 is 4.74 Å². The van der Waals surface area contributed by atoms with E-state index < -0.39 is 0 Å². The average Bonchev–Trinajstić information content (AvgIpc) is 3.38. The molecular formula is C28H40ClNO2S. The normalized spacial score (nSPS) is 21.5. The maximum Gasteiger partial charge on any atom is 0.159 e. The van der Waals surface area contributed by atoms with Gasteiger partial charge >= 0.3 is 0 Å². The molecule has 0 amide bonds. The molecule has 3 nitrogen and oxygen atoms in total. The highest BCUT2D eigenvalue weighted by molar-refractivity contribution is 8.00. The molecule has 2 atom stereocenters. The van der Waals surface area contributed by atoms with Gasteiger partial charge in [-0.2, -0.15) is 0 Å². The van der Waals surface area contributed by atoms with E-state index in [4.69, 9.17) is 4.74 Å². The predicted octanol–water partition coefficient (Wildman–Crippen LogP) is 7.54. The van der Waals surface area contributed by atoms with Crippen molar-refractivity contribution in [2.24, 2.45) is 0 Å². The van der Waals surface area contributed by atoms with E-state index >= 15 is 0 Å². The fourth-order valence-electron chi connectivity index (χ4n) is 5.50. The van der Waals surface area contributed by atoms with Crippen molar-refractivity contribution in [3.8, 4) is 5.75 Å². The van der Waals surface area contributed by atoms with Crippen molar-refractivity contribution in [2.45, 2.75) is 100 Å². The Hall–Kier alpha value is -1.20. The maximum absolute atomic E-state index is 10.2. The van der Waals surface area contributed by atoms with Gasteiger partial charge in [0.15, 0.2) is 4.93 Å². The first kappa shape index (κ1) is 26.4. The van der Waals surface area contributed by atoms with Crippen molar-refractivity contribution in [1.82, 2.24) is 4.90 Å². The molecule has 0 aromatic heterocycles. The lowest BCUT2D eigenvalue weighted by molar-refractivity contribution is 0.0596. The fourth-order valence-corrected chi connectivity index (χ4v) is 7.05. The number of fused-ring (bicyclic) bond motifs is 1. The average molecular weight is 490 g/mol. The van der Waals surface area contributed by atoms with Gasteiger partial charge in [-0.15, -0.1) is 12.4 Å². The number of aliphatic hydroxyl groups is 1. The lowest BCUT2D eigenvalue weighted by Crippen LogP contribution is -2.32. The summed E-state index contributed by atoms with van der Waals surface area (Å²) in [5.41, 5.74) is 4.12. The van der Waals surface area contributed by atoms with E-state index in [-0.39, 0.29) is 24.1 Å². The summed E-state index contributed by atoms with van der Waals surface area (Å²) in [5.74, 6) is 1.04. The van der Waals surface area contributed by atoms with Crippen LogP contribution in [0.3, 0.4) is 0 Å². The van der Waals surface area contributed by atoms with Crippen LogP contribution in [-0.2, 0) is 12.8 Å². The van der Waals surface area contributed by atoms with Gasteiger partial charge < -0.3 is 9.84 Å². The number of benzene rings is 2. The van der Waals surface area contributed by atoms with E-state index in [0.717, 1.165) is 63.5 Å². The molecule has 1 fully saturated rings. The third kappa shape index (κ3) is 5.90. The number of hydrogen-bond donors (Lipinski definition) is 1. The maximum atomic E-state index is 10.2. The zero-order valence-electron chi connectivity index (χ0n) is 20.4. The monoisotopic (exact) mass is 489 g/mol. The van der Waals surface area contributed by atoms with E-state index in [0.29, 0.717) is 12.1 Å². The number of ether oxygens (including phenoxy) is 1. The highest BCUT2D eigenvalue weighted by Crippen LogP contribution is 2.53. The van der Waals surface area contributed by atoms with Crippen LogP contribution >= 0.6 is 24.2 Å². The van der Waals surface area contributed by atoms with Crippen molar-refractivity contribution < 1.29 is 9.84 Å². The molecule has 2 unspecified atom stereocenters. The molecule has 0 saturated carbocycles. The van der Waals surface area contributed by atoms with Crippen LogP contribution in [0.2, 0.25) is 0 Å². The summed E-state index contributed by atoms with van der Waals surface area (Å²) in [6.45, 7) is 6.81. The van der Waals surface area contributed by atoms with E-state index in [2.05, 4.69) is 68.1 Å². The van der Waals surface area contributed by atoms with Crippen LogP contribution in [0.25, 0.3) is 0 Å². The second-order valence-electron chi connectivity index (χ2n) is 9.43. The van der Waals surface area contributed by atoms with E-state index in [1.165, 1.54) is 21.6 Å². The Morgan fingerprint density at radius 1 is 1.00 bits per heavy atom. The molecule has 0 aliphatic carbocycles. The van der Waals surface area contributed by atoms with Crippen LogP contribution in [-0.4, -0.2) is 27.7 Å². The van der Waals surface area contributed by atoms with Gasteiger partial charge in [-0.05, 0) is 73.8 Å². The zero-order chi connectivity index (χ0) is 22.6. The van der Waals surface area contributed by atoms with Gasteiger partial charge in [0.25, 0.3) is 0 Å². The molecule has 2 aliphatic heterocycles. The first-order valence-electron chi connectivity index (χ1n) is 12.6. The summed E-state index contributed by atoms with van der Waals surface area (Å²) in [4.78, 5) is 3.50. The van der Waals surface area contributed by atoms with Gasteiger partial charge in [0.2, 0.25) is 0 Å². The van der Waals surface area contributed by atoms with E-state index in [1.807, 2.05) is 11.8 Å². The Labute approximate surface area is 210 Å². The van der Waals surface area contributed by atoms with Gasteiger partial charge in [0, 0.05) is 12.1 Å². The zero-order valence-corrected chi connectivity index (χ0v) is 22.0. The summed E-state index contributed by atoms with van der Waals surface area (Å²) >= 11 is 1.92. The SMILES string of the molecule is CCCC1(CCC)Oc2ccc(C3CCC(CCc4ccc(CC)cc4)N3CO)cc2S1.Cl. The molecule has 4 rings (SSSR count). The Kier molecular flexibility index (Phi) is 9.58. The minimum Gasteiger partial charge on any atom is -0.475 e. The number of aliphatic hydroxyl groups excluding tert-OH is 1. The molecule has 0 spiro atoms. The van der Waals surface area contributed by atoms with Crippen LogP contribution in [0, 0.1) is 0 Å². The van der Waals surface area contributed by atoms with Gasteiger partial charge in [0.05, 0.1) is 11.6 Å². The predicted molar refractivity (Wildman–Crippen MR) is 142 cm³/mol. The number of aryl methyl sites for hydroxylation is 2. The molecule has 5 heteroatoms. The smallest absolute Gasteiger partial charge is 0.159 e. The Morgan fingerprint density at radius 2 is 1.70 bits per heavy atom. The number of nitrogens with zero attached hydrogens (tertiary/aromatic N) is 1. The summed E-state index contributed by atoms with van der Waals surface area (Å²) in [5, 5.41) is 10.2. The van der Waals surface area contributed by atoms with Gasteiger partial charge in [-0.3, -0.25) is 4.90 Å². The van der Waals surface area contributed by atoms with Crippen LogP contribution in [0.1, 0.15) is 88.4 Å². The minimum absolute atomic E-state index is 0. The van der Waals surface area contributed by atoms with Crippen LogP contribution in [0.4, 0.5) is 0 Å². The molecule has 2 aromatic rings. The van der Waals surface area contributed by atoms with Crippen molar-refractivity contribution in [1.29, 1.82) is 0 Å². The van der Waals surface area contributed by atoms with Crippen molar-refractivity contribution in [3.63, 3.8) is 0 Å². The molecule has 33 heavy (non-hydrogen) atoms. The van der Waals surface area contributed by atoms with Gasteiger partial charge in [-0.1, -0.05) is 75.7 Å². The molecule has 0 radical (unpaired) electrons. The Morgan fingerprint density at radius 3 is 2.33 bits per heavy atom. The van der Waals surface area contributed by atoms with Gasteiger partial charge in [0.1, 0.15) is 5.75 Å². The molecular weight excluding hydrogens is 450 g/mol. The lowest BCUT2D eigenvalue weighted by atomic mass is 10.0. The topological polar surface area (TPSA) is 32.7 Å². The molecule has 2 aliphatic rings. The van der Waals surface area contributed by atoms with Crippen molar-refractivity contribution >= 4 is 24.2 Å². The standard InChI is InChI=1S/C28H39NO2S.ClH/c1-4-17-28(18-5-2)31-26-16-12-23(19-27(26)32-28)25-15-14-24(29(25)20-30)13-11-22-9-7-21(6-3)8-10-22;/h7-10,12,16,19,24-25,30H,4-6,11,13-15,17-18,20H2,1-3H3;1H. The van der Waals surface area contributed by atoms with Crippen molar-refractivity contribution in [3.05, 3.63) is 59.2 Å². The lowest BCUT2D eigenvalue weighted by Gasteiger charge is -2.28. The molecule has 182 valence electrons. The Bertz CT molecular complexity index is 882. The Balaban J connectivity index is 0.00000306. The number of thioether (sulfide) groups is 1. The number of rotatable bonds is 10. The molecule has 1 saturated heterocycles. The molecule has 2 heterocycles. The minimum atomic E-state index is -0.0906. The summed E-state index contributed by atoms with van der Waals surface area (Å²) < 4.78 is 6.47. The number of hydrogen-bond acceptors (Lipinski definition) is 4. The largest absolute Gasteiger partial charge is 0.475 e. The quantitative estimate of drug-likeness (QED) is 0.373. The van der Waals surface area contributed by atoms with Crippen LogP contribution in [0.5, 0.6) is 5.75 Å². The second-order valence-corrected chi connectivity index (χ2v) is 10.8. The van der Waals surface area contributed by atoms with E-state index in [1.54, 1.807) is 0 Å². The van der Waals surface area contributed by atoms with Gasteiger partial charge in [-0.25, -0.2) is 0 Å². The first-order chi connectivity index (χ1) is 15.6. The molecule has 2 aromatic carbocycles. The van der Waals surface area contributed by atoms with Crippen molar-refractivity contribution in [2.75, 3.05) is 6.73 Å². The van der Waals surface area contributed by atoms with E-state index in [9.17, 15) is 5.11 Å². The second kappa shape index (κ2) is 12.0. The number of halogens is 1. The summed E-state index contributed by atoms with van der Waals surface area (Å²) in [6, 6.07) is 16.5. The number of likely N-dealkylation sites (tertiary alicyclic amines) is 1. The third-order valence-electron chi connectivity index (χ3n) is 7.21. The molecule has 0 bridgehead atoms. The summed E-state index contributed by atoms with van der Waals surface area (Å²) in [6.07, 6.45) is 9.96. The summed E-state index contributed by atoms with van der Waals surface area (Å²) in [7, 11) is 0. The highest BCUT2D eigenvalue weighted by atomic mass is 35.5.